The number of nitrogens with zero attached hydrogens (tertiary/aromatic N) is 1. The molecule has 0 radical (unpaired) electrons. The summed E-state index contributed by atoms with van der Waals surface area (Å²) >= 11 is 0. The van der Waals surface area contributed by atoms with Crippen LogP contribution in [0.4, 0.5) is 11.4 Å². The molecule has 0 amide bonds. The Labute approximate surface area is 114 Å². The quantitative estimate of drug-likeness (QED) is 0.810. The van der Waals surface area contributed by atoms with Gasteiger partial charge in [0, 0.05) is 30.4 Å². The van der Waals surface area contributed by atoms with Crippen molar-refractivity contribution in [2.75, 3.05) is 24.2 Å². The fraction of sp³-hybridized carbons (Fsp3) is 0.400. The Morgan fingerprint density at radius 2 is 2.11 bits per heavy atom. The van der Waals surface area contributed by atoms with E-state index in [0.717, 1.165) is 28.8 Å². The second-order valence-electron chi connectivity index (χ2n) is 5.15. The highest BCUT2D eigenvalue weighted by molar-refractivity contribution is 5.98. The van der Waals surface area contributed by atoms with Gasteiger partial charge < -0.3 is 15.8 Å². The third-order valence-electron chi connectivity index (χ3n) is 3.04. The first-order valence-corrected chi connectivity index (χ1v) is 6.54. The molecule has 3 N–H and O–H groups in total. The van der Waals surface area contributed by atoms with Crippen LogP contribution in [0, 0.1) is 0 Å². The summed E-state index contributed by atoms with van der Waals surface area (Å²) in [6.45, 7) is 7.56. The smallest absolute Gasteiger partial charge is 0.0953 e. The molecule has 0 aliphatic heterocycles. The van der Waals surface area contributed by atoms with E-state index in [1.807, 2.05) is 31.2 Å². The third kappa shape index (κ3) is 3.15. The van der Waals surface area contributed by atoms with E-state index in [0.29, 0.717) is 6.61 Å². The molecule has 2 rings (SSSR count). The zero-order chi connectivity index (χ0) is 13.9. The number of fused-ring (bicyclic) bond motifs is 1. The molecule has 0 saturated carbocycles. The van der Waals surface area contributed by atoms with Gasteiger partial charge in [-0.15, -0.1) is 0 Å². The van der Waals surface area contributed by atoms with Crippen LogP contribution in [-0.2, 0) is 4.74 Å². The molecule has 0 atom stereocenters. The molecule has 0 fully saturated rings. The van der Waals surface area contributed by atoms with Gasteiger partial charge in [-0.25, -0.2) is 0 Å². The van der Waals surface area contributed by atoms with Crippen LogP contribution in [0.25, 0.3) is 10.9 Å². The standard InChI is InChI=1S/C15H21N3O/c1-4-19-15(2,3)10-18-13-8-7-12(16)11-6-5-9-17-14(11)13/h5-9,18H,4,10,16H2,1-3H3. The molecule has 102 valence electrons. The topological polar surface area (TPSA) is 60.2 Å². The van der Waals surface area contributed by atoms with E-state index < -0.39 is 0 Å². The van der Waals surface area contributed by atoms with E-state index in [1.165, 1.54) is 0 Å². The maximum absolute atomic E-state index is 5.96. The van der Waals surface area contributed by atoms with Crippen LogP contribution >= 0.6 is 0 Å². The van der Waals surface area contributed by atoms with E-state index in [1.54, 1.807) is 6.20 Å². The van der Waals surface area contributed by atoms with Crippen molar-refractivity contribution in [2.45, 2.75) is 26.4 Å². The third-order valence-corrected chi connectivity index (χ3v) is 3.04. The first-order valence-electron chi connectivity index (χ1n) is 6.54. The summed E-state index contributed by atoms with van der Waals surface area (Å²) in [7, 11) is 0. The minimum atomic E-state index is -0.211. The van der Waals surface area contributed by atoms with Crippen molar-refractivity contribution in [3.8, 4) is 0 Å². The number of hydrogen-bond acceptors (Lipinski definition) is 4. The number of hydrogen-bond donors (Lipinski definition) is 2. The number of nitrogens with one attached hydrogen (secondary N) is 1. The van der Waals surface area contributed by atoms with Gasteiger partial charge in [-0.3, -0.25) is 4.98 Å². The average Bonchev–Trinajstić information content (AvgIpc) is 2.38. The maximum atomic E-state index is 5.96. The van der Waals surface area contributed by atoms with E-state index in [4.69, 9.17) is 10.5 Å². The van der Waals surface area contributed by atoms with Crippen molar-refractivity contribution >= 4 is 22.3 Å². The van der Waals surface area contributed by atoms with E-state index in [-0.39, 0.29) is 5.60 Å². The number of nitrogen functional groups attached to an aromatic ring is 1. The van der Waals surface area contributed by atoms with Crippen LogP contribution in [0.15, 0.2) is 30.5 Å². The highest BCUT2D eigenvalue weighted by Gasteiger charge is 2.17. The number of aromatic nitrogens is 1. The van der Waals surface area contributed by atoms with Gasteiger partial charge in [0.15, 0.2) is 0 Å². The molecule has 0 aliphatic rings. The van der Waals surface area contributed by atoms with Gasteiger partial charge in [0.1, 0.15) is 0 Å². The number of anilines is 2. The van der Waals surface area contributed by atoms with E-state index >= 15 is 0 Å². The monoisotopic (exact) mass is 259 g/mol. The average molecular weight is 259 g/mol. The first-order chi connectivity index (χ1) is 9.03. The number of benzene rings is 1. The highest BCUT2D eigenvalue weighted by Crippen LogP contribution is 2.26. The fourth-order valence-electron chi connectivity index (χ4n) is 2.09. The Morgan fingerprint density at radius 1 is 1.32 bits per heavy atom. The van der Waals surface area contributed by atoms with Crippen molar-refractivity contribution in [1.29, 1.82) is 0 Å². The van der Waals surface area contributed by atoms with Gasteiger partial charge in [-0.05, 0) is 45.0 Å². The van der Waals surface area contributed by atoms with Crippen LogP contribution in [0.3, 0.4) is 0 Å². The number of ether oxygens (including phenoxy) is 1. The molecule has 4 heteroatoms. The lowest BCUT2D eigenvalue weighted by Crippen LogP contribution is -2.33. The van der Waals surface area contributed by atoms with Gasteiger partial charge in [-0.2, -0.15) is 0 Å². The second-order valence-corrected chi connectivity index (χ2v) is 5.15. The van der Waals surface area contributed by atoms with Gasteiger partial charge in [0.25, 0.3) is 0 Å². The fourth-order valence-corrected chi connectivity index (χ4v) is 2.09. The molecule has 1 aromatic carbocycles. The summed E-state index contributed by atoms with van der Waals surface area (Å²) in [5.74, 6) is 0. The van der Waals surface area contributed by atoms with Gasteiger partial charge >= 0.3 is 0 Å². The molecule has 0 bridgehead atoms. The van der Waals surface area contributed by atoms with Crippen LogP contribution in [0.2, 0.25) is 0 Å². The second kappa shape index (κ2) is 5.45. The number of pyridine rings is 1. The Balaban J connectivity index is 2.24. The minimum Gasteiger partial charge on any atom is -0.398 e. The summed E-state index contributed by atoms with van der Waals surface area (Å²) in [4.78, 5) is 4.41. The first kappa shape index (κ1) is 13.6. The van der Waals surface area contributed by atoms with Gasteiger partial charge in [-0.1, -0.05) is 0 Å². The van der Waals surface area contributed by atoms with Crippen LogP contribution in [-0.4, -0.2) is 23.7 Å². The molecule has 0 aliphatic carbocycles. The van der Waals surface area contributed by atoms with Crippen LogP contribution in [0.1, 0.15) is 20.8 Å². The van der Waals surface area contributed by atoms with Crippen molar-refractivity contribution < 1.29 is 4.74 Å². The van der Waals surface area contributed by atoms with Crippen LogP contribution in [0.5, 0.6) is 0 Å². The zero-order valence-electron chi connectivity index (χ0n) is 11.7. The predicted molar refractivity (Wildman–Crippen MR) is 80.4 cm³/mol. The van der Waals surface area contributed by atoms with Crippen molar-refractivity contribution in [2.24, 2.45) is 0 Å². The Hall–Kier alpha value is -1.81. The minimum absolute atomic E-state index is 0.211. The molecule has 2 aromatic rings. The highest BCUT2D eigenvalue weighted by atomic mass is 16.5. The number of nitrogens with two attached hydrogens (primary N) is 1. The zero-order valence-corrected chi connectivity index (χ0v) is 11.7. The molecule has 1 heterocycles. The lowest BCUT2D eigenvalue weighted by Gasteiger charge is -2.25. The Kier molecular flexibility index (Phi) is 3.90. The molecule has 0 unspecified atom stereocenters. The summed E-state index contributed by atoms with van der Waals surface area (Å²) in [5, 5.41) is 4.37. The lowest BCUT2D eigenvalue weighted by atomic mass is 10.1. The SMILES string of the molecule is CCOC(C)(C)CNc1ccc(N)c2cccnc12. The summed E-state index contributed by atoms with van der Waals surface area (Å²) in [5.41, 5.74) is 8.38. The summed E-state index contributed by atoms with van der Waals surface area (Å²) in [6.07, 6.45) is 1.78. The Morgan fingerprint density at radius 3 is 2.84 bits per heavy atom. The van der Waals surface area contributed by atoms with Crippen molar-refractivity contribution in [3.05, 3.63) is 30.5 Å². The maximum Gasteiger partial charge on any atom is 0.0953 e. The largest absolute Gasteiger partial charge is 0.398 e. The molecule has 0 spiro atoms. The molecule has 4 nitrogen and oxygen atoms in total. The van der Waals surface area contributed by atoms with E-state index in [9.17, 15) is 0 Å². The normalized spacial score (nSPS) is 11.7. The summed E-state index contributed by atoms with van der Waals surface area (Å²) in [6, 6.07) is 7.75. The molecular weight excluding hydrogens is 238 g/mol. The van der Waals surface area contributed by atoms with E-state index in [2.05, 4.69) is 24.1 Å². The summed E-state index contributed by atoms with van der Waals surface area (Å²) < 4.78 is 5.68. The van der Waals surface area contributed by atoms with Gasteiger partial charge in [0.05, 0.1) is 16.8 Å². The van der Waals surface area contributed by atoms with Crippen molar-refractivity contribution in [3.63, 3.8) is 0 Å². The molecule has 19 heavy (non-hydrogen) atoms. The molecule has 1 aromatic heterocycles. The van der Waals surface area contributed by atoms with Crippen LogP contribution < -0.4 is 11.1 Å². The lowest BCUT2D eigenvalue weighted by molar-refractivity contribution is 0.000717. The Bertz CT molecular complexity index is 566. The van der Waals surface area contributed by atoms with Crippen molar-refractivity contribution in [1.82, 2.24) is 4.98 Å². The molecule has 0 saturated heterocycles. The van der Waals surface area contributed by atoms with Gasteiger partial charge in [0.2, 0.25) is 0 Å². The number of rotatable bonds is 5. The molecular formula is C15H21N3O. The predicted octanol–water partition coefficient (Wildman–Crippen LogP) is 3.04.